The maximum Gasteiger partial charge on any atom is 0.151 e. The van der Waals surface area contributed by atoms with Gasteiger partial charge >= 0.3 is 0 Å². The maximum absolute atomic E-state index is 11.2. The zero-order valence-electron chi connectivity index (χ0n) is 9.68. The smallest absolute Gasteiger partial charge is 0.151 e. The van der Waals surface area contributed by atoms with Gasteiger partial charge in [0.25, 0.3) is 0 Å². The molecule has 0 fully saturated rings. The van der Waals surface area contributed by atoms with E-state index in [0.717, 1.165) is 12.2 Å². The van der Waals surface area contributed by atoms with Crippen LogP contribution in [0.3, 0.4) is 0 Å². The Morgan fingerprint density at radius 3 is 2.75 bits per heavy atom. The Hall–Kier alpha value is -0.950. The summed E-state index contributed by atoms with van der Waals surface area (Å²) in [4.78, 5) is 0. The maximum atomic E-state index is 11.2. The summed E-state index contributed by atoms with van der Waals surface area (Å²) in [6.45, 7) is 2.87. The Labute approximate surface area is 96.0 Å². The number of rotatable bonds is 7. The van der Waals surface area contributed by atoms with Crippen LogP contribution in [0, 0.1) is 0 Å². The molecule has 0 bridgehead atoms. The van der Waals surface area contributed by atoms with Crippen molar-refractivity contribution in [1.82, 2.24) is 20.1 Å². The Bertz CT molecular complexity index is 413. The lowest BCUT2D eigenvalue weighted by Gasteiger charge is -2.04. The second-order valence-corrected chi connectivity index (χ2v) is 6.07. The summed E-state index contributed by atoms with van der Waals surface area (Å²) in [5.41, 5.74) is 0. The minimum Gasteiger partial charge on any atom is -0.321 e. The van der Waals surface area contributed by atoms with Crippen LogP contribution in [0.1, 0.15) is 12.7 Å². The third kappa shape index (κ3) is 4.28. The van der Waals surface area contributed by atoms with Gasteiger partial charge in [0.15, 0.2) is 9.84 Å². The summed E-state index contributed by atoms with van der Waals surface area (Å²) >= 11 is 0. The van der Waals surface area contributed by atoms with Gasteiger partial charge in [0.2, 0.25) is 0 Å². The van der Waals surface area contributed by atoms with Crippen molar-refractivity contribution in [3.8, 4) is 0 Å². The van der Waals surface area contributed by atoms with Crippen molar-refractivity contribution >= 4 is 9.84 Å². The second kappa shape index (κ2) is 5.95. The van der Waals surface area contributed by atoms with E-state index in [1.165, 1.54) is 0 Å². The fourth-order valence-corrected chi connectivity index (χ4v) is 1.97. The van der Waals surface area contributed by atoms with Crippen LogP contribution in [0.4, 0.5) is 0 Å². The van der Waals surface area contributed by atoms with Crippen LogP contribution in [0.15, 0.2) is 6.33 Å². The number of nitrogens with zero attached hydrogens (tertiary/aromatic N) is 3. The van der Waals surface area contributed by atoms with Crippen molar-refractivity contribution in [1.29, 1.82) is 0 Å². The van der Waals surface area contributed by atoms with Gasteiger partial charge in [-0.15, -0.1) is 10.2 Å². The third-order valence-electron chi connectivity index (χ3n) is 2.36. The highest BCUT2D eigenvalue weighted by molar-refractivity contribution is 7.91. The van der Waals surface area contributed by atoms with Crippen LogP contribution in [0.5, 0.6) is 0 Å². The molecule has 0 unspecified atom stereocenters. The monoisotopic (exact) mass is 246 g/mol. The first-order valence-electron chi connectivity index (χ1n) is 5.29. The van der Waals surface area contributed by atoms with Crippen molar-refractivity contribution in [2.45, 2.75) is 13.3 Å². The van der Waals surface area contributed by atoms with Gasteiger partial charge in [-0.25, -0.2) is 8.42 Å². The first kappa shape index (κ1) is 13.1. The van der Waals surface area contributed by atoms with E-state index in [0.29, 0.717) is 13.1 Å². The lowest BCUT2D eigenvalue weighted by atomic mass is 10.4. The second-order valence-electron chi connectivity index (χ2n) is 3.59. The van der Waals surface area contributed by atoms with Gasteiger partial charge in [0.1, 0.15) is 12.2 Å². The zero-order valence-corrected chi connectivity index (χ0v) is 10.5. The third-order valence-corrected chi connectivity index (χ3v) is 4.07. The van der Waals surface area contributed by atoms with Crippen LogP contribution >= 0.6 is 0 Å². The van der Waals surface area contributed by atoms with Crippen LogP contribution in [0.25, 0.3) is 0 Å². The molecule has 92 valence electrons. The van der Waals surface area contributed by atoms with Crippen molar-refractivity contribution in [2.75, 3.05) is 24.6 Å². The van der Waals surface area contributed by atoms with Crippen LogP contribution in [-0.4, -0.2) is 47.8 Å². The van der Waals surface area contributed by atoms with E-state index < -0.39 is 9.84 Å². The summed E-state index contributed by atoms with van der Waals surface area (Å²) in [7, 11) is -0.972. The Balaban J connectivity index is 2.16. The highest BCUT2D eigenvalue weighted by Gasteiger charge is 2.06. The average Bonchev–Trinajstić information content (AvgIpc) is 2.64. The van der Waals surface area contributed by atoms with E-state index in [4.69, 9.17) is 0 Å². The summed E-state index contributed by atoms with van der Waals surface area (Å²) in [5.74, 6) is 1.30. The molecule has 1 aromatic heterocycles. The lowest BCUT2D eigenvalue weighted by Crippen LogP contribution is -2.26. The molecule has 0 aromatic carbocycles. The molecule has 7 heteroatoms. The van der Waals surface area contributed by atoms with Crippen molar-refractivity contribution in [3.05, 3.63) is 12.2 Å². The minimum atomic E-state index is -2.86. The molecule has 1 rings (SSSR count). The van der Waals surface area contributed by atoms with E-state index in [-0.39, 0.29) is 11.5 Å². The number of hydrogen-bond donors (Lipinski definition) is 1. The fraction of sp³-hybridized carbons (Fsp3) is 0.778. The minimum absolute atomic E-state index is 0.197. The van der Waals surface area contributed by atoms with Crippen LogP contribution in [-0.2, 0) is 23.3 Å². The van der Waals surface area contributed by atoms with E-state index in [1.54, 1.807) is 13.3 Å². The number of hydrogen-bond acceptors (Lipinski definition) is 5. The van der Waals surface area contributed by atoms with Crippen molar-refractivity contribution < 1.29 is 8.42 Å². The van der Waals surface area contributed by atoms with Gasteiger partial charge in [-0.3, -0.25) is 0 Å². The molecule has 0 aliphatic carbocycles. The number of nitrogens with one attached hydrogen (secondary N) is 1. The number of aromatic nitrogens is 3. The Kier molecular flexibility index (Phi) is 4.88. The van der Waals surface area contributed by atoms with Crippen LogP contribution in [0.2, 0.25) is 0 Å². The molecule has 16 heavy (non-hydrogen) atoms. The molecule has 0 atom stereocenters. The molecule has 0 radical (unpaired) electrons. The zero-order chi connectivity index (χ0) is 12.0. The van der Waals surface area contributed by atoms with Gasteiger partial charge in [0.05, 0.1) is 5.75 Å². The van der Waals surface area contributed by atoms with Crippen LogP contribution < -0.4 is 5.32 Å². The van der Waals surface area contributed by atoms with Gasteiger partial charge in [-0.05, 0) is 0 Å². The topological polar surface area (TPSA) is 76.9 Å². The molecule has 0 aliphatic rings. The quantitative estimate of drug-likeness (QED) is 0.649. The first-order chi connectivity index (χ1) is 7.55. The van der Waals surface area contributed by atoms with Crippen molar-refractivity contribution in [3.63, 3.8) is 0 Å². The largest absolute Gasteiger partial charge is 0.321 e. The molecule has 6 nitrogen and oxygen atoms in total. The standard InChI is InChI=1S/C9H18N4O2S/c1-3-16(14,15)7-6-10-5-4-9-12-11-8-13(9)2/h8,10H,3-7H2,1-2H3. The summed E-state index contributed by atoms with van der Waals surface area (Å²) in [5, 5.41) is 10.8. The highest BCUT2D eigenvalue weighted by atomic mass is 32.2. The summed E-state index contributed by atoms with van der Waals surface area (Å²) in [6, 6.07) is 0. The number of sulfone groups is 1. The van der Waals surface area contributed by atoms with Gasteiger partial charge < -0.3 is 9.88 Å². The molecule has 0 amide bonds. The van der Waals surface area contributed by atoms with Gasteiger partial charge in [-0.1, -0.05) is 6.92 Å². The highest BCUT2D eigenvalue weighted by Crippen LogP contribution is 1.91. The predicted octanol–water partition coefficient (Wildman–Crippen LogP) is -0.618. The molecule has 0 spiro atoms. The van der Waals surface area contributed by atoms with E-state index in [9.17, 15) is 8.42 Å². The molecule has 0 saturated carbocycles. The SMILES string of the molecule is CCS(=O)(=O)CCNCCc1nncn1C. The average molecular weight is 246 g/mol. The first-order valence-corrected chi connectivity index (χ1v) is 7.11. The Morgan fingerprint density at radius 2 is 2.19 bits per heavy atom. The normalized spacial score (nSPS) is 11.9. The summed E-state index contributed by atoms with van der Waals surface area (Å²) < 4.78 is 24.2. The Morgan fingerprint density at radius 1 is 1.44 bits per heavy atom. The molecular formula is C9H18N4O2S. The van der Waals surface area contributed by atoms with E-state index in [2.05, 4.69) is 15.5 Å². The molecule has 0 saturated heterocycles. The number of aryl methyl sites for hydroxylation is 1. The molecule has 1 aromatic rings. The molecule has 1 N–H and O–H groups in total. The molecular weight excluding hydrogens is 228 g/mol. The fourth-order valence-electron chi connectivity index (χ4n) is 1.23. The van der Waals surface area contributed by atoms with E-state index in [1.807, 2.05) is 11.6 Å². The van der Waals surface area contributed by atoms with E-state index >= 15 is 0 Å². The van der Waals surface area contributed by atoms with Gasteiger partial charge in [0, 0.05) is 32.3 Å². The molecule has 0 aliphatic heterocycles. The van der Waals surface area contributed by atoms with Crippen molar-refractivity contribution in [2.24, 2.45) is 7.05 Å². The van der Waals surface area contributed by atoms with Gasteiger partial charge in [-0.2, -0.15) is 0 Å². The predicted molar refractivity (Wildman–Crippen MR) is 61.9 cm³/mol. The lowest BCUT2D eigenvalue weighted by molar-refractivity contribution is 0.591. The summed E-state index contributed by atoms with van der Waals surface area (Å²) in [6.07, 6.45) is 2.40. The molecule has 1 heterocycles.